The Morgan fingerprint density at radius 1 is 1.40 bits per heavy atom. The molecule has 0 radical (unpaired) electrons. The standard InChI is InChI=1S/C12H18O2S/c1-10-4-5-12(14-2)11(8-10)9-15-7-3-6-13/h4-5,8,13H,3,6-7,9H2,1-2H3. The van der Waals surface area contributed by atoms with E-state index in [0.29, 0.717) is 0 Å². The fourth-order valence-corrected chi connectivity index (χ4v) is 2.29. The van der Waals surface area contributed by atoms with Crippen molar-refractivity contribution in [3.05, 3.63) is 29.3 Å². The van der Waals surface area contributed by atoms with Crippen LogP contribution in [0, 0.1) is 6.92 Å². The van der Waals surface area contributed by atoms with E-state index in [1.807, 2.05) is 17.8 Å². The number of ether oxygens (including phenoxy) is 1. The summed E-state index contributed by atoms with van der Waals surface area (Å²) in [6, 6.07) is 6.22. The maximum atomic E-state index is 8.67. The Morgan fingerprint density at radius 2 is 2.20 bits per heavy atom. The van der Waals surface area contributed by atoms with E-state index < -0.39 is 0 Å². The predicted molar refractivity (Wildman–Crippen MR) is 65.6 cm³/mol. The number of hydrogen-bond acceptors (Lipinski definition) is 3. The van der Waals surface area contributed by atoms with Gasteiger partial charge in [-0.1, -0.05) is 17.7 Å². The van der Waals surface area contributed by atoms with Crippen LogP contribution in [0.4, 0.5) is 0 Å². The highest BCUT2D eigenvalue weighted by Crippen LogP contribution is 2.24. The van der Waals surface area contributed by atoms with Gasteiger partial charge in [0.05, 0.1) is 7.11 Å². The molecule has 0 heterocycles. The summed E-state index contributed by atoms with van der Waals surface area (Å²) in [4.78, 5) is 0. The van der Waals surface area contributed by atoms with Gasteiger partial charge < -0.3 is 9.84 Å². The molecular formula is C12H18O2S. The van der Waals surface area contributed by atoms with Crippen molar-refractivity contribution in [2.75, 3.05) is 19.5 Å². The second kappa shape index (κ2) is 6.75. The molecule has 84 valence electrons. The molecule has 0 bridgehead atoms. The SMILES string of the molecule is COc1ccc(C)cc1CSCCCO. The van der Waals surface area contributed by atoms with Crippen LogP contribution in [0.3, 0.4) is 0 Å². The molecule has 1 aromatic rings. The minimum Gasteiger partial charge on any atom is -0.496 e. The van der Waals surface area contributed by atoms with Gasteiger partial charge in [0.2, 0.25) is 0 Å². The molecule has 3 heteroatoms. The molecule has 0 aliphatic heterocycles. The number of methoxy groups -OCH3 is 1. The third kappa shape index (κ3) is 4.14. The van der Waals surface area contributed by atoms with E-state index in [-0.39, 0.29) is 6.61 Å². The number of thioether (sulfide) groups is 1. The van der Waals surface area contributed by atoms with Crippen LogP contribution in [-0.4, -0.2) is 24.6 Å². The van der Waals surface area contributed by atoms with E-state index in [9.17, 15) is 0 Å². The predicted octanol–water partition coefficient (Wildman–Crippen LogP) is 2.62. The molecule has 15 heavy (non-hydrogen) atoms. The highest BCUT2D eigenvalue weighted by Gasteiger charge is 2.02. The normalized spacial score (nSPS) is 10.3. The summed E-state index contributed by atoms with van der Waals surface area (Å²) < 4.78 is 5.29. The Bertz CT molecular complexity index is 300. The highest BCUT2D eigenvalue weighted by atomic mass is 32.2. The molecule has 2 nitrogen and oxygen atoms in total. The average molecular weight is 226 g/mol. The molecule has 1 aromatic carbocycles. The van der Waals surface area contributed by atoms with Crippen LogP contribution in [0.25, 0.3) is 0 Å². The monoisotopic (exact) mass is 226 g/mol. The Kier molecular flexibility index (Phi) is 5.58. The maximum Gasteiger partial charge on any atom is 0.122 e. The number of aliphatic hydroxyl groups excluding tert-OH is 1. The van der Waals surface area contributed by atoms with E-state index in [0.717, 1.165) is 23.7 Å². The number of hydrogen-bond donors (Lipinski definition) is 1. The van der Waals surface area contributed by atoms with Gasteiger partial charge in [-0.25, -0.2) is 0 Å². The Balaban J connectivity index is 2.54. The highest BCUT2D eigenvalue weighted by molar-refractivity contribution is 7.98. The van der Waals surface area contributed by atoms with Crippen LogP contribution >= 0.6 is 11.8 Å². The molecule has 0 aromatic heterocycles. The molecule has 0 saturated carbocycles. The maximum absolute atomic E-state index is 8.67. The minimum atomic E-state index is 0.276. The summed E-state index contributed by atoms with van der Waals surface area (Å²) in [5.41, 5.74) is 2.49. The third-order valence-electron chi connectivity index (χ3n) is 2.14. The van der Waals surface area contributed by atoms with Crippen molar-refractivity contribution in [2.45, 2.75) is 19.1 Å². The van der Waals surface area contributed by atoms with Crippen molar-refractivity contribution >= 4 is 11.8 Å². The van der Waals surface area contributed by atoms with Crippen molar-refractivity contribution in [1.82, 2.24) is 0 Å². The van der Waals surface area contributed by atoms with Gasteiger partial charge in [-0.2, -0.15) is 11.8 Å². The first-order valence-corrected chi connectivity index (χ1v) is 6.25. The van der Waals surface area contributed by atoms with Crippen molar-refractivity contribution in [2.24, 2.45) is 0 Å². The zero-order chi connectivity index (χ0) is 11.1. The zero-order valence-electron chi connectivity index (χ0n) is 9.32. The van der Waals surface area contributed by atoms with Crippen molar-refractivity contribution in [3.8, 4) is 5.75 Å². The molecule has 0 fully saturated rings. The molecule has 0 amide bonds. The average Bonchev–Trinajstić information content (AvgIpc) is 2.25. The van der Waals surface area contributed by atoms with Crippen LogP contribution in [0.5, 0.6) is 5.75 Å². The number of benzene rings is 1. The lowest BCUT2D eigenvalue weighted by Gasteiger charge is -2.08. The van der Waals surface area contributed by atoms with Crippen molar-refractivity contribution in [1.29, 1.82) is 0 Å². The van der Waals surface area contributed by atoms with Crippen LogP contribution in [0.2, 0.25) is 0 Å². The largest absolute Gasteiger partial charge is 0.496 e. The van der Waals surface area contributed by atoms with E-state index in [2.05, 4.69) is 19.1 Å². The van der Waals surface area contributed by atoms with Gasteiger partial charge in [0.25, 0.3) is 0 Å². The fraction of sp³-hybridized carbons (Fsp3) is 0.500. The van der Waals surface area contributed by atoms with Gasteiger partial charge in [0.1, 0.15) is 5.75 Å². The second-order valence-electron chi connectivity index (χ2n) is 3.45. The lowest BCUT2D eigenvalue weighted by molar-refractivity contribution is 0.296. The summed E-state index contributed by atoms with van der Waals surface area (Å²) in [6.07, 6.45) is 0.860. The van der Waals surface area contributed by atoms with Crippen LogP contribution in [-0.2, 0) is 5.75 Å². The number of aryl methyl sites for hydroxylation is 1. The molecule has 0 unspecified atom stereocenters. The van der Waals surface area contributed by atoms with Gasteiger partial charge in [-0.15, -0.1) is 0 Å². The molecular weight excluding hydrogens is 208 g/mol. The van der Waals surface area contributed by atoms with Crippen LogP contribution in [0.15, 0.2) is 18.2 Å². The summed E-state index contributed by atoms with van der Waals surface area (Å²) >= 11 is 1.83. The Labute approximate surface area is 95.7 Å². The van der Waals surface area contributed by atoms with E-state index in [1.165, 1.54) is 11.1 Å². The van der Waals surface area contributed by atoms with Crippen molar-refractivity contribution in [3.63, 3.8) is 0 Å². The molecule has 0 aliphatic carbocycles. The number of aliphatic hydroxyl groups is 1. The van der Waals surface area contributed by atoms with Gasteiger partial charge in [0, 0.05) is 17.9 Å². The van der Waals surface area contributed by atoms with E-state index in [1.54, 1.807) is 7.11 Å². The summed E-state index contributed by atoms with van der Waals surface area (Å²) in [6.45, 7) is 2.36. The fourth-order valence-electron chi connectivity index (χ4n) is 1.37. The third-order valence-corrected chi connectivity index (χ3v) is 3.23. The van der Waals surface area contributed by atoms with Crippen LogP contribution in [0.1, 0.15) is 17.5 Å². The summed E-state index contributed by atoms with van der Waals surface area (Å²) in [7, 11) is 1.70. The second-order valence-corrected chi connectivity index (χ2v) is 4.55. The smallest absolute Gasteiger partial charge is 0.122 e. The molecule has 0 spiro atoms. The molecule has 0 saturated heterocycles. The minimum absolute atomic E-state index is 0.276. The molecule has 1 N–H and O–H groups in total. The van der Waals surface area contributed by atoms with Gasteiger partial charge in [-0.3, -0.25) is 0 Å². The number of rotatable bonds is 6. The van der Waals surface area contributed by atoms with Gasteiger partial charge in [0.15, 0.2) is 0 Å². The quantitative estimate of drug-likeness (QED) is 0.756. The lowest BCUT2D eigenvalue weighted by Crippen LogP contribution is -1.92. The van der Waals surface area contributed by atoms with Gasteiger partial charge >= 0.3 is 0 Å². The summed E-state index contributed by atoms with van der Waals surface area (Å²) in [5, 5.41) is 8.67. The van der Waals surface area contributed by atoms with Crippen LogP contribution < -0.4 is 4.74 Å². The van der Waals surface area contributed by atoms with E-state index in [4.69, 9.17) is 9.84 Å². The van der Waals surface area contributed by atoms with Crippen molar-refractivity contribution < 1.29 is 9.84 Å². The Morgan fingerprint density at radius 3 is 2.87 bits per heavy atom. The lowest BCUT2D eigenvalue weighted by atomic mass is 10.1. The molecule has 0 atom stereocenters. The topological polar surface area (TPSA) is 29.5 Å². The van der Waals surface area contributed by atoms with Gasteiger partial charge in [-0.05, 0) is 25.2 Å². The first-order chi connectivity index (χ1) is 7.27. The summed E-state index contributed by atoms with van der Waals surface area (Å²) in [5.74, 6) is 2.90. The first kappa shape index (κ1) is 12.4. The Hall–Kier alpha value is -0.670. The van der Waals surface area contributed by atoms with E-state index >= 15 is 0 Å². The first-order valence-electron chi connectivity index (χ1n) is 5.10. The zero-order valence-corrected chi connectivity index (χ0v) is 10.1. The molecule has 1 rings (SSSR count). The molecule has 0 aliphatic rings.